The van der Waals surface area contributed by atoms with Gasteiger partial charge in [0.15, 0.2) is 5.78 Å². The maximum atomic E-state index is 12.2. The second-order valence-electron chi connectivity index (χ2n) is 6.19. The first-order valence-corrected chi connectivity index (χ1v) is 6.95. The minimum atomic E-state index is -0.569. The van der Waals surface area contributed by atoms with Gasteiger partial charge >= 0.3 is 6.09 Å². The molecule has 0 N–H and O–H groups in total. The Labute approximate surface area is 120 Å². The fraction of sp³-hybridized carbons (Fsp3) is 0.733. The Bertz CT molecular complexity index is 384. The second kappa shape index (κ2) is 6.88. The third-order valence-corrected chi connectivity index (χ3v) is 2.93. The highest BCUT2D eigenvalue weighted by atomic mass is 16.6. The van der Waals surface area contributed by atoms with Crippen LogP contribution in [0, 0.1) is 0 Å². The highest BCUT2D eigenvalue weighted by molar-refractivity contribution is 5.88. The van der Waals surface area contributed by atoms with Crippen molar-refractivity contribution in [3.63, 3.8) is 0 Å². The van der Waals surface area contributed by atoms with Gasteiger partial charge in [-0.05, 0) is 34.1 Å². The molecule has 1 saturated heterocycles. The summed E-state index contributed by atoms with van der Waals surface area (Å²) < 4.78 is 10.7. The molecular weight excluding hydrogens is 258 g/mol. The number of ketones is 1. The number of carbonyl (C=O) groups is 2. The molecule has 114 valence electrons. The van der Waals surface area contributed by atoms with Gasteiger partial charge in [0.2, 0.25) is 0 Å². The Hall–Kier alpha value is -1.36. The number of ether oxygens (including phenoxy) is 2. The normalized spacial score (nSPS) is 19.6. The molecule has 20 heavy (non-hydrogen) atoms. The topological polar surface area (TPSA) is 55.8 Å². The van der Waals surface area contributed by atoms with Crippen LogP contribution in [0.2, 0.25) is 0 Å². The van der Waals surface area contributed by atoms with Gasteiger partial charge in [0.25, 0.3) is 0 Å². The highest BCUT2D eigenvalue weighted by Crippen LogP contribution is 2.17. The van der Waals surface area contributed by atoms with Crippen molar-refractivity contribution in [2.75, 3.05) is 19.8 Å². The summed E-state index contributed by atoms with van der Waals surface area (Å²) in [5.41, 5.74) is 0.389. The molecule has 1 atom stereocenters. The summed E-state index contributed by atoms with van der Waals surface area (Å²) in [6, 6.07) is -0.544. The smallest absolute Gasteiger partial charge is 0.411 e. The van der Waals surface area contributed by atoms with E-state index in [2.05, 4.69) is 6.58 Å². The average Bonchev–Trinajstić information content (AvgIpc) is 2.33. The minimum Gasteiger partial charge on any atom is -0.444 e. The fourth-order valence-corrected chi connectivity index (χ4v) is 1.91. The summed E-state index contributed by atoms with van der Waals surface area (Å²) >= 11 is 0. The third kappa shape index (κ3) is 5.33. The molecule has 0 spiro atoms. The van der Waals surface area contributed by atoms with Crippen LogP contribution in [-0.4, -0.2) is 48.2 Å². The maximum Gasteiger partial charge on any atom is 0.411 e. The van der Waals surface area contributed by atoms with E-state index in [1.807, 2.05) is 27.7 Å². The van der Waals surface area contributed by atoms with Gasteiger partial charge in [-0.15, -0.1) is 6.58 Å². The Morgan fingerprint density at radius 2 is 2.00 bits per heavy atom. The molecule has 5 nitrogen and oxygen atoms in total. The molecule has 1 rings (SSSR count). The lowest BCUT2D eigenvalue weighted by atomic mass is 10.0. The molecule has 0 aromatic carbocycles. The van der Waals surface area contributed by atoms with Crippen LogP contribution in [0.1, 0.15) is 40.5 Å². The van der Waals surface area contributed by atoms with Crippen LogP contribution in [0.5, 0.6) is 0 Å². The highest BCUT2D eigenvalue weighted by Gasteiger charge is 2.34. The van der Waals surface area contributed by atoms with Gasteiger partial charge in [-0.25, -0.2) is 4.79 Å². The van der Waals surface area contributed by atoms with Crippen molar-refractivity contribution in [2.24, 2.45) is 0 Å². The largest absolute Gasteiger partial charge is 0.444 e. The van der Waals surface area contributed by atoms with Crippen molar-refractivity contribution >= 4 is 11.9 Å². The Morgan fingerprint density at radius 1 is 1.35 bits per heavy atom. The van der Waals surface area contributed by atoms with Crippen LogP contribution < -0.4 is 0 Å². The van der Waals surface area contributed by atoms with E-state index in [1.54, 1.807) is 0 Å². The number of morpholine rings is 1. The Kier molecular flexibility index (Phi) is 5.74. The van der Waals surface area contributed by atoms with Crippen LogP contribution in [0.25, 0.3) is 0 Å². The molecule has 1 aliphatic rings. The van der Waals surface area contributed by atoms with E-state index in [9.17, 15) is 9.59 Å². The molecule has 1 aliphatic heterocycles. The molecule has 0 saturated carbocycles. The lowest BCUT2D eigenvalue weighted by Crippen LogP contribution is -2.53. The number of nitrogens with zero attached hydrogens (tertiary/aromatic N) is 1. The van der Waals surface area contributed by atoms with E-state index in [4.69, 9.17) is 9.47 Å². The van der Waals surface area contributed by atoms with Gasteiger partial charge in [-0.1, -0.05) is 5.57 Å². The van der Waals surface area contributed by atoms with E-state index in [0.29, 0.717) is 26.0 Å². The zero-order chi connectivity index (χ0) is 15.3. The van der Waals surface area contributed by atoms with E-state index in [0.717, 1.165) is 5.57 Å². The molecule has 1 amide bonds. The molecule has 0 aromatic heterocycles. The first kappa shape index (κ1) is 16.7. The first-order valence-electron chi connectivity index (χ1n) is 6.95. The van der Waals surface area contributed by atoms with Gasteiger partial charge < -0.3 is 9.47 Å². The van der Waals surface area contributed by atoms with Crippen molar-refractivity contribution in [2.45, 2.75) is 52.2 Å². The number of hydrogen-bond acceptors (Lipinski definition) is 4. The van der Waals surface area contributed by atoms with Gasteiger partial charge in [-0.3, -0.25) is 9.69 Å². The zero-order valence-electron chi connectivity index (χ0n) is 12.9. The molecule has 1 fully saturated rings. The van der Waals surface area contributed by atoms with Gasteiger partial charge in [0.05, 0.1) is 13.2 Å². The number of Topliss-reactive ketones (excluding diaryl/α,β-unsaturated/α-hetero) is 1. The predicted octanol–water partition coefficient (Wildman–Crippen LogP) is 2.55. The lowest BCUT2D eigenvalue weighted by molar-refractivity contribution is -0.130. The van der Waals surface area contributed by atoms with Crippen LogP contribution in [0.4, 0.5) is 4.79 Å². The Balaban J connectivity index is 2.68. The summed E-state index contributed by atoms with van der Waals surface area (Å²) in [5, 5.41) is 0. The molecule has 1 unspecified atom stereocenters. The molecule has 0 bridgehead atoms. The predicted molar refractivity (Wildman–Crippen MR) is 76.6 cm³/mol. The number of hydrogen-bond donors (Lipinski definition) is 0. The Morgan fingerprint density at radius 3 is 2.55 bits per heavy atom. The molecule has 0 aliphatic carbocycles. The van der Waals surface area contributed by atoms with Gasteiger partial charge in [0, 0.05) is 13.0 Å². The van der Waals surface area contributed by atoms with Crippen LogP contribution in [-0.2, 0) is 14.3 Å². The van der Waals surface area contributed by atoms with Crippen molar-refractivity contribution < 1.29 is 19.1 Å². The summed E-state index contributed by atoms with van der Waals surface area (Å²) in [7, 11) is 0. The number of allylic oxidation sites excluding steroid dienone is 1. The quantitative estimate of drug-likeness (QED) is 0.744. The summed E-state index contributed by atoms with van der Waals surface area (Å²) in [6.07, 6.45) is 0.564. The molecule has 0 radical (unpaired) electrons. The van der Waals surface area contributed by atoms with E-state index >= 15 is 0 Å². The summed E-state index contributed by atoms with van der Waals surface area (Å²) in [4.78, 5) is 25.8. The number of carbonyl (C=O) groups excluding carboxylic acids is 2. The molecule has 5 heteroatoms. The fourth-order valence-electron chi connectivity index (χ4n) is 1.91. The maximum absolute atomic E-state index is 12.2. The average molecular weight is 283 g/mol. The number of rotatable bonds is 4. The summed E-state index contributed by atoms with van der Waals surface area (Å²) in [5.74, 6) is -0.00133. The van der Waals surface area contributed by atoms with Crippen molar-refractivity contribution in [3.05, 3.63) is 12.2 Å². The van der Waals surface area contributed by atoms with Crippen LogP contribution >= 0.6 is 0 Å². The van der Waals surface area contributed by atoms with E-state index in [1.165, 1.54) is 4.90 Å². The lowest BCUT2D eigenvalue weighted by Gasteiger charge is -2.35. The van der Waals surface area contributed by atoms with Gasteiger partial charge in [-0.2, -0.15) is 0 Å². The van der Waals surface area contributed by atoms with Crippen LogP contribution in [0.15, 0.2) is 12.2 Å². The minimum absolute atomic E-state index is 0.00133. The molecule has 0 aromatic rings. The molecule has 1 heterocycles. The van der Waals surface area contributed by atoms with E-state index in [-0.39, 0.29) is 12.4 Å². The van der Waals surface area contributed by atoms with E-state index < -0.39 is 17.7 Å². The van der Waals surface area contributed by atoms with Crippen molar-refractivity contribution in [1.82, 2.24) is 4.90 Å². The number of amides is 1. The third-order valence-electron chi connectivity index (χ3n) is 2.93. The van der Waals surface area contributed by atoms with Crippen molar-refractivity contribution in [1.29, 1.82) is 0 Å². The van der Waals surface area contributed by atoms with Gasteiger partial charge in [0.1, 0.15) is 11.6 Å². The second-order valence-corrected chi connectivity index (χ2v) is 6.19. The monoisotopic (exact) mass is 283 g/mol. The van der Waals surface area contributed by atoms with Crippen molar-refractivity contribution in [3.8, 4) is 0 Å². The first-order chi connectivity index (χ1) is 9.20. The SMILES string of the molecule is C=C(C)CCC(=O)C1COCCN1C(=O)OC(C)(C)C. The zero-order valence-corrected chi connectivity index (χ0v) is 12.9. The standard InChI is InChI=1S/C15H25NO4/c1-11(2)6-7-13(17)12-10-19-9-8-16(12)14(18)20-15(3,4)5/h12H,1,6-10H2,2-5H3. The molecular formula is C15H25NO4. The summed E-state index contributed by atoms with van der Waals surface area (Å²) in [6.45, 7) is 12.2. The van der Waals surface area contributed by atoms with Crippen LogP contribution in [0.3, 0.4) is 0 Å².